The molecule has 1 atom stereocenters. The molecular weight excluding hydrogens is 264 g/mol. The highest BCUT2D eigenvalue weighted by Crippen LogP contribution is 2.25. The normalized spacial score (nSPS) is 13.0. The van der Waals surface area contributed by atoms with Crippen LogP contribution in [0.4, 0.5) is 0 Å². The maximum absolute atomic E-state index is 9.23. The van der Waals surface area contributed by atoms with Gasteiger partial charge in [-0.05, 0) is 12.8 Å². The molecule has 0 aliphatic carbocycles. The summed E-state index contributed by atoms with van der Waals surface area (Å²) in [7, 11) is 0. The van der Waals surface area contributed by atoms with Gasteiger partial charge in [0.2, 0.25) is 0 Å². The molecule has 0 amide bonds. The predicted octanol–water partition coefficient (Wildman–Crippen LogP) is 2.98. The second-order valence-corrected chi connectivity index (χ2v) is 5.01. The van der Waals surface area contributed by atoms with Crippen LogP contribution < -0.4 is 0 Å². The van der Waals surface area contributed by atoms with Crippen molar-refractivity contribution in [3.05, 3.63) is 17.8 Å². The summed E-state index contributed by atoms with van der Waals surface area (Å²) in [5, 5.41) is 9.60. The van der Waals surface area contributed by atoms with Crippen LogP contribution in [0.5, 0.6) is 0 Å². The number of unbranched alkanes of at least 4 members (excludes halogenated alkanes) is 2. The van der Waals surface area contributed by atoms with Crippen LogP contribution in [0, 0.1) is 0 Å². The van der Waals surface area contributed by atoms with Gasteiger partial charge < -0.3 is 9.67 Å². The fourth-order valence-corrected chi connectivity index (χ4v) is 2.47. The van der Waals surface area contributed by atoms with Crippen molar-refractivity contribution in [2.24, 2.45) is 0 Å². The Bertz CT molecular complexity index is 528. The second kappa shape index (κ2) is 6.82. The first kappa shape index (κ1) is 14.2. The Balaban J connectivity index is 2.25. The van der Waals surface area contributed by atoms with Crippen molar-refractivity contribution in [2.75, 3.05) is 6.61 Å². The predicted molar refractivity (Wildman–Crippen MR) is 75.2 cm³/mol. The van der Waals surface area contributed by atoms with Crippen molar-refractivity contribution in [3.8, 4) is 0 Å². The lowest BCUT2D eigenvalue weighted by Crippen LogP contribution is -2.10. The number of aliphatic hydroxyl groups excluding tert-OH is 1. The van der Waals surface area contributed by atoms with Gasteiger partial charge in [-0.2, -0.15) is 0 Å². The molecule has 0 aromatic carbocycles. The highest BCUT2D eigenvalue weighted by Gasteiger charge is 2.16. The summed E-state index contributed by atoms with van der Waals surface area (Å²) >= 11 is 6.00. The van der Waals surface area contributed by atoms with Crippen LogP contribution in [-0.2, 0) is 0 Å². The van der Waals surface area contributed by atoms with E-state index in [2.05, 4.69) is 21.9 Å². The fraction of sp³-hybridized carbons (Fsp3) is 0.615. The molecule has 0 aliphatic rings. The maximum Gasteiger partial charge on any atom is 0.165 e. The Labute approximate surface area is 117 Å². The van der Waals surface area contributed by atoms with Crippen LogP contribution in [-0.4, -0.2) is 31.2 Å². The van der Waals surface area contributed by atoms with E-state index >= 15 is 0 Å². The molecule has 2 aromatic heterocycles. The average molecular weight is 283 g/mol. The first-order valence-electron chi connectivity index (χ1n) is 6.71. The summed E-state index contributed by atoms with van der Waals surface area (Å²) in [4.78, 5) is 12.5. The van der Waals surface area contributed by atoms with E-state index in [1.807, 2.05) is 4.57 Å². The third-order valence-corrected chi connectivity index (χ3v) is 3.59. The van der Waals surface area contributed by atoms with E-state index in [-0.39, 0.29) is 12.6 Å². The molecule has 2 rings (SSSR count). The molecule has 2 heterocycles. The van der Waals surface area contributed by atoms with E-state index < -0.39 is 0 Å². The third-order valence-electron chi connectivity index (χ3n) is 3.31. The summed E-state index contributed by atoms with van der Waals surface area (Å²) in [6, 6.07) is 0.215. The Hall–Kier alpha value is -1.20. The number of aromatic nitrogens is 4. The van der Waals surface area contributed by atoms with Gasteiger partial charge in [-0.15, -0.1) is 0 Å². The number of rotatable bonds is 7. The molecule has 1 N–H and O–H groups in total. The van der Waals surface area contributed by atoms with E-state index in [4.69, 9.17) is 11.6 Å². The van der Waals surface area contributed by atoms with Crippen LogP contribution >= 0.6 is 11.6 Å². The Morgan fingerprint density at radius 3 is 2.84 bits per heavy atom. The number of nitrogens with zero attached hydrogens (tertiary/aromatic N) is 4. The molecule has 6 heteroatoms. The SMILES string of the molecule is CCCCCC(CCO)n1cnc2c(Cl)ncnc21. The quantitative estimate of drug-likeness (QED) is 0.626. The zero-order chi connectivity index (χ0) is 13.7. The lowest BCUT2D eigenvalue weighted by Gasteiger charge is -2.17. The van der Waals surface area contributed by atoms with E-state index in [0.29, 0.717) is 17.1 Å². The maximum atomic E-state index is 9.23. The van der Waals surface area contributed by atoms with Gasteiger partial charge in [0.05, 0.1) is 6.33 Å². The van der Waals surface area contributed by atoms with E-state index in [1.54, 1.807) is 6.33 Å². The Morgan fingerprint density at radius 2 is 2.11 bits per heavy atom. The topological polar surface area (TPSA) is 63.8 Å². The van der Waals surface area contributed by atoms with Crippen molar-refractivity contribution in [2.45, 2.75) is 45.1 Å². The second-order valence-electron chi connectivity index (χ2n) is 4.65. The van der Waals surface area contributed by atoms with Gasteiger partial charge in [0.15, 0.2) is 10.8 Å². The number of hydrogen-bond acceptors (Lipinski definition) is 4. The third kappa shape index (κ3) is 3.22. The van der Waals surface area contributed by atoms with Gasteiger partial charge in [0.25, 0.3) is 0 Å². The van der Waals surface area contributed by atoms with Crippen LogP contribution in [0.25, 0.3) is 11.2 Å². The summed E-state index contributed by atoms with van der Waals surface area (Å²) in [6.07, 6.45) is 8.44. The van der Waals surface area contributed by atoms with Crippen LogP contribution in [0.1, 0.15) is 45.1 Å². The lowest BCUT2D eigenvalue weighted by atomic mass is 10.1. The number of halogens is 1. The van der Waals surface area contributed by atoms with Crippen molar-refractivity contribution in [1.82, 2.24) is 19.5 Å². The largest absolute Gasteiger partial charge is 0.396 e. The zero-order valence-corrected chi connectivity index (χ0v) is 11.8. The van der Waals surface area contributed by atoms with Crippen molar-refractivity contribution in [1.29, 1.82) is 0 Å². The highest BCUT2D eigenvalue weighted by atomic mass is 35.5. The Kier molecular flexibility index (Phi) is 5.10. The number of imidazole rings is 1. The van der Waals surface area contributed by atoms with Gasteiger partial charge >= 0.3 is 0 Å². The summed E-state index contributed by atoms with van der Waals surface area (Å²) in [6.45, 7) is 2.34. The molecule has 0 aliphatic heterocycles. The van der Waals surface area contributed by atoms with Gasteiger partial charge in [-0.3, -0.25) is 0 Å². The average Bonchev–Trinajstić information content (AvgIpc) is 2.83. The summed E-state index contributed by atoms with van der Waals surface area (Å²) in [5.74, 6) is 0. The smallest absolute Gasteiger partial charge is 0.165 e. The van der Waals surface area contributed by atoms with Crippen LogP contribution in [0.2, 0.25) is 5.15 Å². The molecule has 19 heavy (non-hydrogen) atoms. The molecule has 0 fully saturated rings. The van der Waals surface area contributed by atoms with E-state index in [9.17, 15) is 5.11 Å². The monoisotopic (exact) mass is 282 g/mol. The number of aliphatic hydroxyl groups is 1. The zero-order valence-electron chi connectivity index (χ0n) is 11.1. The summed E-state index contributed by atoms with van der Waals surface area (Å²) in [5.41, 5.74) is 1.37. The molecule has 0 saturated heterocycles. The van der Waals surface area contributed by atoms with Gasteiger partial charge in [0, 0.05) is 12.6 Å². The molecule has 0 bridgehead atoms. The molecule has 2 aromatic rings. The van der Waals surface area contributed by atoms with Gasteiger partial charge in [-0.1, -0.05) is 37.8 Å². The first-order valence-corrected chi connectivity index (χ1v) is 7.09. The molecule has 1 unspecified atom stereocenters. The van der Waals surface area contributed by atoms with Crippen LogP contribution in [0.3, 0.4) is 0 Å². The van der Waals surface area contributed by atoms with Gasteiger partial charge in [-0.25, -0.2) is 15.0 Å². The van der Waals surface area contributed by atoms with Gasteiger partial charge in [0.1, 0.15) is 11.8 Å². The van der Waals surface area contributed by atoms with Crippen molar-refractivity contribution >= 4 is 22.8 Å². The first-order chi connectivity index (χ1) is 9.27. The molecular formula is C13H19ClN4O. The van der Waals surface area contributed by atoms with Crippen LogP contribution in [0.15, 0.2) is 12.7 Å². The molecule has 5 nitrogen and oxygen atoms in total. The number of fused-ring (bicyclic) bond motifs is 1. The van der Waals surface area contributed by atoms with E-state index in [0.717, 1.165) is 18.5 Å². The minimum absolute atomic E-state index is 0.162. The minimum atomic E-state index is 0.162. The highest BCUT2D eigenvalue weighted by molar-refractivity contribution is 6.33. The fourth-order valence-electron chi connectivity index (χ4n) is 2.29. The van der Waals surface area contributed by atoms with Crippen molar-refractivity contribution < 1.29 is 5.11 Å². The molecule has 104 valence electrons. The molecule has 0 spiro atoms. The standard InChI is InChI=1S/C13H19ClN4O/c1-2-3-4-5-10(6-7-19)18-9-17-11-12(14)15-8-16-13(11)18/h8-10,19H,2-7H2,1H3. The lowest BCUT2D eigenvalue weighted by molar-refractivity contribution is 0.251. The minimum Gasteiger partial charge on any atom is -0.396 e. The number of hydrogen-bond donors (Lipinski definition) is 1. The molecule has 0 saturated carbocycles. The Morgan fingerprint density at radius 1 is 1.26 bits per heavy atom. The summed E-state index contributed by atoms with van der Waals surface area (Å²) < 4.78 is 2.01. The molecule has 0 radical (unpaired) electrons. The van der Waals surface area contributed by atoms with Crippen molar-refractivity contribution in [3.63, 3.8) is 0 Å². The van der Waals surface area contributed by atoms with E-state index in [1.165, 1.54) is 19.2 Å².